The fraction of sp³-hybridized carbons (Fsp3) is 0.263. The lowest BCUT2D eigenvalue weighted by atomic mass is 9.98. The lowest BCUT2D eigenvalue weighted by Gasteiger charge is -2.16. The maximum Gasteiger partial charge on any atom is 0.308 e. The maximum atomic E-state index is 12.3. The molecule has 2 rings (SSSR count). The predicted octanol–water partition coefficient (Wildman–Crippen LogP) is 3.33. The molecule has 0 spiro atoms. The highest BCUT2D eigenvalue weighted by Crippen LogP contribution is 2.22. The fourth-order valence-electron chi connectivity index (χ4n) is 2.52. The summed E-state index contributed by atoms with van der Waals surface area (Å²) in [6.45, 7) is 1.80. The number of carboxylic acids is 1. The molecule has 132 valence electrons. The number of ether oxygens (including phenoxy) is 1. The monoisotopic (exact) mass is 361 g/mol. The number of aliphatic carboxylic acids is 1. The molecule has 6 heteroatoms. The Balaban J connectivity index is 2.08. The minimum absolute atomic E-state index is 0.00349. The van der Waals surface area contributed by atoms with E-state index in [4.69, 9.17) is 16.3 Å². The van der Waals surface area contributed by atoms with Crippen LogP contribution in [0.15, 0.2) is 42.5 Å². The second-order valence-corrected chi connectivity index (χ2v) is 6.08. The van der Waals surface area contributed by atoms with Crippen molar-refractivity contribution >= 4 is 23.5 Å². The zero-order chi connectivity index (χ0) is 18.4. The topological polar surface area (TPSA) is 75.6 Å². The molecule has 25 heavy (non-hydrogen) atoms. The van der Waals surface area contributed by atoms with Gasteiger partial charge in [-0.2, -0.15) is 0 Å². The van der Waals surface area contributed by atoms with Crippen molar-refractivity contribution < 1.29 is 19.4 Å². The summed E-state index contributed by atoms with van der Waals surface area (Å²) in [4.78, 5) is 23.9. The van der Waals surface area contributed by atoms with Crippen LogP contribution in [0.4, 0.5) is 0 Å². The van der Waals surface area contributed by atoms with Crippen LogP contribution < -0.4 is 10.1 Å². The molecule has 0 saturated carbocycles. The van der Waals surface area contributed by atoms with E-state index in [2.05, 4.69) is 5.32 Å². The van der Waals surface area contributed by atoms with Crippen LogP contribution in [0.5, 0.6) is 5.75 Å². The lowest BCUT2D eigenvalue weighted by molar-refractivity contribution is -0.141. The molecule has 1 atom stereocenters. The van der Waals surface area contributed by atoms with E-state index >= 15 is 0 Å². The van der Waals surface area contributed by atoms with Crippen LogP contribution in [0, 0.1) is 12.8 Å². The molecule has 0 aromatic heterocycles. The van der Waals surface area contributed by atoms with Crippen LogP contribution in [0.3, 0.4) is 0 Å². The van der Waals surface area contributed by atoms with Gasteiger partial charge in [0.1, 0.15) is 5.75 Å². The zero-order valence-electron chi connectivity index (χ0n) is 14.1. The number of hydrogen-bond donors (Lipinski definition) is 2. The average molecular weight is 362 g/mol. The standard InChI is InChI=1S/C19H20ClNO4/c1-12-6-5-8-15(17(12)20)18(22)21-11-14(19(23)24)10-13-7-3-4-9-16(13)25-2/h3-9,14H,10-11H2,1-2H3,(H,21,22)(H,23,24). The third kappa shape index (κ3) is 4.73. The predicted molar refractivity (Wildman–Crippen MR) is 96.3 cm³/mol. The van der Waals surface area contributed by atoms with Gasteiger partial charge in [-0.05, 0) is 36.6 Å². The van der Waals surface area contributed by atoms with Gasteiger partial charge in [-0.15, -0.1) is 0 Å². The second kappa shape index (κ2) is 8.53. The number of hydrogen-bond acceptors (Lipinski definition) is 3. The van der Waals surface area contributed by atoms with Crippen LogP contribution in [0.2, 0.25) is 5.02 Å². The Morgan fingerprint density at radius 1 is 1.20 bits per heavy atom. The molecule has 0 saturated heterocycles. The first-order valence-electron chi connectivity index (χ1n) is 7.82. The van der Waals surface area contributed by atoms with Gasteiger partial charge in [-0.3, -0.25) is 9.59 Å². The molecule has 0 aliphatic heterocycles. The van der Waals surface area contributed by atoms with E-state index in [-0.39, 0.29) is 18.9 Å². The molecule has 5 nitrogen and oxygen atoms in total. The summed E-state index contributed by atoms with van der Waals surface area (Å²) in [5.41, 5.74) is 1.90. The minimum atomic E-state index is -0.985. The molecular formula is C19H20ClNO4. The van der Waals surface area contributed by atoms with Gasteiger partial charge in [0.15, 0.2) is 0 Å². The number of carbonyl (C=O) groups is 2. The summed E-state index contributed by atoms with van der Waals surface area (Å²) in [6, 6.07) is 12.4. The molecular weight excluding hydrogens is 342 g/mol. The molecule has 0 aliphatic rings. The number of carbonyl (C=O) groups excluding carboxylic acids is 1. The van der Waals surface area contributed by atoms with Crippen molar-refractivity contribution in [1.29, 1.82) is 0 Å². The number of halogens is 1. The largest absolute Gasteiger partial charge is 0.496 e. The third-order valence-corrected chi connectivity index (χ3v) is 4.46. The molecule has 0 heterocycles. The molecule has 2 aromatic carbocycles. The molecule has 0 fully saturated rings. The number of rotatable bonds is 7. The van der Waals surface area contributed by atoms with Gasteiger partial charge in [0, 0.05) is 6.54 Å². The molecule has 2 N–H and O–H groups in total. The van der Waals surface area contributed by atoms with Gasteiger partial charge in [-0.1, -0.05) is 41.9 Å². The highest BCUT2D eigenvalue weighted by Gasteiger charge is 2.21. The summed E-state index contributed by atoms with van der Waals surface area (Å²) in [5.74, 6) is -1.52. The summed E-state index contributed by atoms with van der Waals surface area (Å²) >= 11 is 6.14. The highest BCUT2D eigenvalue weighted by atomic mass is 35.5. The maximum absolute atomic E-state index is 12.3. The number of para-hydroxylation sites is 1. The van der Waals surface area contributed by atoms with E-state index in [0.717, 1.165) is 11.1 Å². The molecule has 0 aliphatic carbocycles. The first-order valence-corrected chi connectivity index (χ1v) is 8.19. The van der Waals surface area contributed by atoms with Crippen molar-refractivity contribution in [3.63, 3.8) is 0 Å². The van der Waals surface area contributed by atoms with Gasteiger partial charge in [-0.25, -0.2) is 0 Å². The van der Waals surface area contributed by atoms with Crippen molar-refractivity contribution in [3.05, 3.63) is 64.2 Å². The van der Waals surface area contributed by atoms with Gasteiger partial charge >= 0.3 is 5.97 Å². The Labute approximate surface area is 151 Å². The fourth-order valence-corrected chi connectivity index (χ4v) is 2.73. The van der Waals surface area contributed by atoms with E-state index in [1.165, 1.54) is 7.11 Å². The van der Waals surface area contributed by atoms with E-state index in [1.54, 1.807) is 31.2 Å². The summed E-state index contributed by atoms with van der Waals surface area (Å²) in [5, 5.41) is 12.5. The van der Waals surface area contributed by atoms with E-state index in [9.17, 15) is 14.7 Å². The van der Waals surface area contributed by atoms with Gasteiger partial charge in [0.2, 0.25) is 0 Å². The number of benzene rings is 2. The number of nitrogens with one attached hydrogen (secondary N) is 1. The quantitative estimate of drug-likeness (QED) is 0.793. The van der Waals surface area contributed by atoms with Crippen LogP contribution >= 0.6 is 11.6 Å². The summed E-state index contributed by atoms with van der Waals surface area (Å²) in [6.07, 6.45) is 0.251. The van der Waals surface area contributed by atoms with Crippen LogP contribution in [0.1, 0.15) is 21.5 Å². The van der Waals surface area contributed by atoms with Crippen molar-refractivity contribution in [2.45, 2.75) is 13.3 Å². The molecule has 1 amide bonds. The van der Waals surface area contributed by atoms with Crippen molar-refractivity contribution in [2.24, 2.45) is 5.92 Å². The Hall–Kier alpha value is -2.53. The van der Waals surface area contributed by atoms with E-state index in [1.807, 2.05) is 18.2 Å². The Morgan fingerprint density at radius 3 is 2.60 bits per heavy atom. The molecule has 1 unspecified atom stereocenters. The number of amides is 1. The van der Waals surface area contributed by atoms with Gasteiger partial charge < -0.3 is 15.2 Å². The van der Waals surface area contributed by atoms with E-state index < -0.39 is 11.9 Å². The normalized spacial score (nSPS) is 11.6. The molecule has 2 aromatic rings. The molecule has 0 radical (unpaired) electrons. The minimum Gasteiger partial charge on any atom is -0.496 e. The van der Waals surface area contributed by atoms with Crippen LogP contribution in [0.25, 0.3) is 0 Å². The number of methoxy groups -OCH3 is 1. The van der Waals surface area contributed by atoms with Crippen molar-refractivity contribution in [2.75, 3.05) is 13.7 Å². The van der Waals surface area contributed by atoms with Crippen LogP contribution in [-0.2, 0) is 11.2 Å². The smallest absolute Gasteiger partial charge is 0.308 e. The Kier molecular flexibility index (Phi) is 6.42. The zero-order valence-corrected chi connectivity index (χ0v) is 14.8. The average Bonchev–Trinajstić information content (AvgIpc) is 2.60. The van der Waals surface area contributed by atoms with Crippen molar-refractivity contribution in [3.8, 4) is 5.75 Å². The Morgan fingerprint density at radius 2 is 1.92 bits per heavy atom. The van der Waals surface area contributed by atoms with Crippen LogP contribution in [-0.4, -0.2) is 30.6 Å². The van der Waals surface area contributed by atoms with Gasteiger partial charge in [0.05, 0.1) is 23.6 Å². The van der Waals surface area contributed by atoms with Crippen molar-refractivity contribution in [1.82, 2.24) is 5.32 Å². The lowest BCUT2D eigenvalue weighted by Crippen LogP contribution is -2.34. The number of carboxylic acid groups (broad SMARTS) is 1. The van der Waals surface area contributed by atoms with E-state index in [0.29, 0.717) is 16.3 Å². The van der Waals surface area contributed by atoms with Gasteiger partial charge in [0.25, 0.3) is 5.91 Å². The highest BCUT2D eigenvalue weighted by molar-refractivity contribution is 6.34. The third-order valence-electron chi connectivity index (χ3n) is 3.95. The SMILES string of the molecule is COc1ccccc1CC(CNC(=O)c1cccc(C)c1Cl)C(=O)O. The second-order valence-electron chi connectivity index (χ2n) is 5.70. The first-order chi connectivity index (χ1) is 11.9. The summed E-state index contributed by atoms with van der Waals surface area (Å²) < 4.78 is 5.25. The number of aryl methyl sites for hydroxylation is 1. The molecule has 0 bridgehead atoms. The summed E-state index contributed by atoms with van der Waals surface area (Å²) in [7, 11) is 1.54. The Bertz CT molecular complexity index is 776. The first kappa shape index (κ1) is 18.8.